The van der Waals surface area contributed by atoms with E-state index in [1.807, 2.05) is 6.92 Å². The molecule has 3 heterocycles. The summed E-state index contributed by atoms with van der Waals surface area (Å²) in [5, 5.41) is -0.118. The van der Waals surface area contributed by atoms with E-state index in [1.54, 1.807) is 5.51 Å². The molecule has 1 saturated heterocycles. The third kappa shape index (κ3) is 4.23. The topological polar surface area (TPSA) is 78.0 Å². The number of rotatable bonds is 7. The van der Waals surface area contributed by atoms with Crippen LogP contribution in [0.15, 0.2) is 24.0 Å². The number of thiazole rings is 1. The highest BCUT2D eigenvalue weighted by molar-refractivity contribution is 8.09. The average Bonchev–Trinajstić information content (AvgIpc) is 3.20. The summed E-state index contributed by atoms with van der Waals surface area (Å²) in [5.74, 6) is -0.203. The van der Waals surface area contributed by atoms with Crippen molar-refractivity contribution >= 4 is 48.4 Å². The number of amides is 1. The number of hydrogen-bond acceptors (Lipinski definition) is 8. The molecule has 1 amide bonds. The van der Waals surface area contributed by atoms with Gasteiger partial charge in [-0.1, -0.05) is 45.2 Å². The molecule has 1 fully saturated rings. The highest BCUT2D eigenvalue weighted by Crippen LogP contribution is 2.54. The number of thioether (sulfide) groups is 1. The highest BCUT2D eigenvalue weighted by Gasteiger charge is 2.57. The summed E-state index contributed by atoms with van der Waals surface area (Å²) in [7, 11) is -1.98. The zero-order valence-corrected chi connectivity index (χ0v) is 20.8. The van der Waals surface area contributed by atoms with Crippen molar-refractivity contribution in [3.8, 4) is 0 Å². The standard InChI is InChI=1S/C20H28N2O5S2Si/c1-8-9-25-19(24)27-17-15(14-12(2)28-11-21-14)29-18-13(16(23)22(17)18)10-26-30(6,7)20(3,4)5/h8,11,13,18H,1,9-10H2,2-7H3/t13-,18+/m0/s1. The van der Waals surface area contributed by atoms with Gasteiger partial charge in [-0.25, -0.2) is 9.78 Å². The Balaban J connectivity index is 1.80. The van der Waals surface area contributed by atoms with E-state index >= 15 is 0 Å². The van der Waals surface area contributed by atoms with E-state index in [2.05, 4.69) is 45.4 Å². The largest absolute Gasteiger partial charge is 0.515 e. The minimum atomic E-state index is -1.98. The van der Waals surface area contributed by atoms with Gasteiger partial charge in [0, 0.05) is 11.5 Å². The van der Waals surface area contributed by atoms with Gasteiger partial charge >= 0.3 is 6.16 Å². The molecule has 164 valence electrons. The molecule has 0 aliphatic carbocycles. The number of fused-ring (bicyclic) bond motifs is 1. The Kier molecular flexibility index (Phi) is 6.52. The summed E-state index contributed by atoms with van der Waals surface area (Å²) in [6.45, 7) is 16.7. The van der Waals surface area contributed by atoms with Crippen molar-refractivity contribution in [3.63, 3.8) is 0 Å². The summed E-state index contributed by atoms with van der Waals surface area (Å²) in [4.78, 5) is 32.6. The average molecular weight is 469 g/mol. The number of β-lactam (4-membered cyclic amide) rings is 1. The van der Waals surface area contributed by atoms with Crippen LogP contribution >= 0.6 is 23.1 Å². The zero-order valence-electron chi connectivity index (χ0n) is 18.2. The Labute approximate surface area is 186 Å². The van der Waals surface area contributed by atoms with E-state index in [0.717, 1.165) is 10.6 Å². The van der Waals surface area contributed by atoms with Crippen LogP contribution in [0.2, 0.25) is 18.1 Å². The normalized spacial score (nSPS) is 21.4. The second kappa shape index (κ2) is 8.49. The molecule has 2 atom stereocenters. The fourth-order valence-electron chi connectivity index (χ4n) is 2.83. The Morgan fingerprint density at radius 3 is 2.67 bits per heavy atom. The van der Waals surface area contributed by atoms with Gasteiger partial charge in [-0.2, -0.15) is 0 Å². The lowest BCUT2D eigenvalue weighted by molar-refractivity contribution is -0.151. The Morgan fingerprint density at radius 1 is 1.40 bits per heavy atom. The van der Waals surface area contributed by atoms with Crippen LogP contribution in [-0.2, 0) is 18.7 Å². The molecule has 30 heavy (non-hydrogen) atoms. The van der Waals surface area contributed by atoms with Crippen LogP contribution in [0.4, 0.5) is 4.79 Å². The van der Waals surface area contributed by atoms with Crippen LogP contribution in [0, 0.1) is 12.8 Å². The monoisotopic (exact) mass is 468 g/mol. The lowest BCUT2D eigenvalue weighted by Gasteiger charge is -2.44. The maximum Gasteiger partial charge on any atom is 0.515 e. The second-order valence-corrected chi connectivity index (χ2v) is 15.7. The molecule has 0 spiro atoms. The van der Waals surface area contributed by atoms with E-state index < -0.39 is 14.5 Å². The van der Waals surface area contributed by atoms with Gasteiger partial charge in [-0.05, 0) is 25.1 Å². The van der Waals surface area contributed by atoms with Crippen molar-refractivity contribution in [1.82, 2.24) is 9.88 Å². The molecule has 2 aliphatic heterocycles. The fourth-order valence-corrected chi connectivity index (χ4v) is 5.97. The van der Waals surface area contributed by atoms with Gasteiger partial charge in [0.05, 0.1) is 22.0 Å². The Hall–Kier alpha value is -1.62. The minimum Gasteiger partial charge on any atom is -0.430 e. The van der Waals surface area contributed by atoms with Crippen molar-refractivity contribution in [1.29, 1.82) is 0 Å². The van der Waals surface area contributed by atoms with E-state index in [-0.39, 0.29) is 34.7 Å². The summed E-state index contributed by atoms with van der Waals surface area (Å²) >= 11 is 2.99. The molecular formula is C20H28N2O5S2Si. The van der Waals surface area contributed by atoms with Gasteiger partial charge in [0.1, 0.15) is 12.0 Å². The molecule has 1 aromatic heterocycles. The number of ether oxygens (including phenoxy) is 2. The maximum absolute atomic E-state index is 13.0. The molecule has 1 aromatic rings. The maximum atomic E-state index is 13.0. The molecule has 0 unspecified atom stereocenters. The number of nitrogens with zero attached hydrogens (tertiary/aromatic N) is 2. The molecule has 0 bridgehead atoms. The SMILES string of the molecule is C=CCOC(=O)OC1=C(c2ncsc2C)S[C@@H]2[C@@H](CO[Si](C)(C)C(C)(C)C)C(=O)N12. The van der Waals surface area contributed by atoms with Gasteiger partial charge in [-0.3, -0.25) is 9.69 Å². The highest BCUT2D eigenvalue weighted by atomic mass is 32.2. The van der Waals surface area contributed by atoms with E-state index in [4.69, 9.17) is 13.9 Å². The number of aryl methyl sites for hydroxylation is 1. The molecule has 3 rings (SSSR count). The van der Waals surface area contributed by atoms with Crippen molar-refractivity contribution in [2.45, 2.75) is 51.2 Å². The second-order valence-electron chi connectivity index (χ2n) is 8.74. The number of aromatic nitrogens is 1. The lowest BCUT2D eigenvalue weighted by Crippen LogP contribution is -2.59. The van der Waals surface area contributed by atoms with Crippen LogP contribution in [-0.4, -0.2) is 48.9 Å². The predicted molar refractivity (Wildman–Crippen MR) is 121 cm³/mol. The molecule has 10 heteroatoms. The summed E-state index contributed by atoms with van der Waals surface area (Å²) in [6.07, 6.45) is 0.585. The first-order valence-corrected chi connectivity index (χ1v) is 14.4. The zero-order chi connectivity index (χ0) is 22.3. The molecule has 0 aromatic carbocycles. The number of carbonyl (C=O) groups is 2. The Bertz CT molecular complexity index is 890. The smallest absolute Gasteiger partial charge is 0.430 e. The number of carbonyl (C=O) groups excluding carboxylic acids is 2. The van der Waals surface area contributed by atoms with E-state index in [1.165, 1.54) is 34.1 Å². The van der Waals surface area contributed by atoms with E-state index in [9.17, 15) is 9.59 Å². The predicted octanol–water partition coefficient (Wildman–Crippen LogP) is 4.97. The van der Waals surface area contributed by atoms with Crippen LogP contribution in [0.3, 0.4) is 0 Å². The Morgan fingerprint density at radius 2 is 2.10 bits per heavy atom. The van der Waals surface area contributed by atoms with Crippen molar-refractivity contribution in [2.24, 2.45) is 5.92 Å². The van der Waals surface area contributed by atoms with Crippen molar-refractivity contribution in [2.75, 3.05) is 13.2 Å². The van der Waals surface area contributed by atoms with Crippen LogP contribution in [0.25, 0.3) is 4.91 Å². The molecule has 7 nitrogen and oxygen atoms in total. The van der Waals surface area contributed by atoms with Gasteiger partial charge in [0.15, 0.2) is 8.32 Å². The third-order valence-corrected chi connectivity index (χ3v) is 12.3. The fraction of sp³-hybridized carbons (Fsp3) is 0.550. The molecule has 0 N–H and O–H groups in total. The van der Waals surface area contributed by atoms with Crippen LogP contribution in [0.5, 0.6) is 0 Å². The van der Waals surface area contributed by atoms with Crippen LogP contribution in [0.1, 0.15) is 31.3 Å². The van der Waals surface area contributed by atoms with Gasteiger partial charge in [0.2, 0.25) is 11.8 Å². The first kappa shape index (κ1) is 23.0. The van der Waals surface area contributed by atoms with Gasteiger partial charge in [0.25, 0.3) is 0 Å². The lowest BCUT2D eigenvalue weighted by atomic mass is 10.00. The summed E-state index contributed by atoms with van der Waals surface area (Å²) in [6, 6.07) is 0. The first-order valence-electron chi connectivity index (χ1n) is 9.72. The van der Waals surface area contributed by atoms with E-state index in [0.29, 0.717) is 11.5 Å². The molecular weight excluding hydrogens is 440 g/mol. The first-order chi connectivity index (χ1) is 14.0. The van der Waals surface area contributed by atoms with Crippen molar-refractivity contribution in [3.05, 3.63) is 34.6 Å². The van der Waals surface area contributed by atoms with Crippen molar-refractivity contribution < 1.29 is 23.5 Å². The third-order valence-electron chi connectivity index (χ3n) is 5.69. The molecule has 0 saturated carbocycles. The summed E-state index contributed by atoms with van der Waals surface area (Å²) < 4.78 is 16.7. The number of hydrogen-bond donors (Lipinski definition) is 0. The minimum absolute atomic E-state index is 0.0324. The van der Waals surface area contributed by atoms with Gasteiger partial charge < -0.3 is 13.9 Å². The van der Waals surface area contributed by atoms with Crippen LogP contribution < -0.4 is 0 Å². The molecule has 0 radical (unpaired) electrons. The quantitative estimate of drug-likeness (QED) is 0.242. The van der Waals surface area contributed by atoms with Gasteiger partial charge in [-0.15, -0.1) is 11.3 Å². The summed E-state index contributed by atoms with van der Waals surface area (Å²) in [5.41, 5.74) is 2.46. The molecule has 2 aliphatic rings.